The predicted molar refractivity (Wildman–Crippen MR) is 55.2 cm³/mol. The monoisotopic (exact) mass is 192 g/mol. The van der Waals surface area contributed by atoms with Crippen molar-refractivity contribution in [1.29, 1.82) is 0 Å². The minimum absolute atomic E-state index is 0.334. The van der Waals surface area contributed by atoms with Gasteiger partial charge in [-0.1, -0.05) is 13.0 Å². The summed E-state index contributed by atoms with van der Waals surface area (Å²) in [5.74, 6) is -0.334. The zero-order chi connectivity index (χ0) is 10.1. The zero-order valence-corrected chi connectivity index (χ0v) is 7.99. The van der Waals surface area contributed by atoms with Crippen LogP contribution in [0.25, 0.3) is 11.1 Å². The number of fused-ring (bicyclic) bond motifs is 1. The fourth-order valence-corrected chi connectivity index (χ4v) is 1.54. The average Bonchev–Trinajstić information content (AvgIpc) is 2.47. The van der Waals surface area contributed by atoms with Gasteiger partial charge in [-0.3, -0.25) is 4.57 Å². The average molecular weight is 192 g/mol. The van der Waals surface area contributed by atoms with Crippen LogP contribution >= 0.6 is 0 Å². The number of anilines is 1. The third-order valence-corrected chi connectivity index (χ3v) is 2.17. The number of hydrogen-bond acceptors (Lipinski definition) is 3. The Morgan fingerprint density at radius 2 is 2.29 bits per heavy atom. The number of aromatic nitrogens is 1. The fraction of sp³-hybridized carbons (Fsp3) is 0.300. The molecule has 0 fully saturated rings. The molecule has 1 aromatic heterocycles. The summed E-state index contributed by atoms with van der Waals surface area (Å²) < 4.78 is 6.67. The quantitative estimate of drug-likeness (QED) is 0.735. The number of nitrogens with two attached hydrogens (primary N) is 1. The lowest BCUT2D eigenvalue weighted by molar-refractivity contribution is 0.503. The number of hydrogen-bond donors (Lipinski definition) is 1. The fourth-order valence-electron chi connectivity index (χ4n) is 1.54. The summed E-state index contributed by atoms with van der Waals surface area (Å²) >= 11 is 0. The van der Waals surface area contributed by atoms with Crippen molar-refractivity contribution in [3.8, 4) is 0 Å². The van der Waals surface area contributed by atoms with E-state index < -0.39 is 0 Å². The summed E-state index contributed by atoms with van der Waals surface area (Å²) in [5.41, 5.74) is 7.46. The van der Waals surface area contributed by atoms with Gasteiger partial charge >= 0.3 is 5.76 Å². The molecule has 2 N–H and O–H groups in total. The Balaban J connectivity index is 2.77. The van der Waals surface area contributed by atoms with Crippen molar-refractivity contribution in [3.05, 3.63) is 28.7 Å². The molecule has 2 aromatic rings. The Morgan fingerprint density at radius 1 is 1.50 bits per heavy atom. The molecule has 0 bridgehead atoms. The lowest BCUT2D eigenvalue weighted by Crippen LogP contribution is -2.13. The molecular weight excluding hydrogens is 180 g/mol. The van der Waals surface area contributed by atoms with E-state index in [1.807, 2.05) is 19.1 Å². The highest BCUT2D eigenvalue weighted by Crippen LogP contribution is 2.19. The van der Waals surface area contributed by atoms with E-state index in [1.165, 1.54) is 0 Å². The molecule has 0 unspecified atom stereocenters. The van der Waals surface area contributed by atoms with E-state index in [9.17, 15) is 4.79 Å². The largest absolute Gasteiger partial charge is 0.420 e. The van der Waals surface area contributed by atoms with Gasteiger partial charge in [-0.25, -0.2) is 4.79 Å². The maximum Gasteiger partial charge on any atom is 0.420 e. The molecule has 0 aliphatic rings. The van der Waals surface area contributed by atoms with Crippen LogP contribution in [0.4, 0.5) is 5.69 Å². The second kappa shape index (κ2) is 3.21. The predicted octanol–water partition coefficient (Wildman–Crippen LogP) is 1.59. The highest BCUT2D eigenvalue weighted by molar-refractivity contribution is 5.84. The van der Waals surface area contributed by atoms with E-state index in [4.69, 9.17) is 10.2 Å². The van der Waals surface area contributed by atoms with E-state index in [2.05, 4.69) is 0 Å². The van der Waals surface area contributed by atoms with Crippen molar-refractivity contribution in [3.63, 3.8) is 0 Å². The summed E-state index contributed by atoms with van der Waals surface area (Å²) in [6.07, 6.45) is 0.892. The Labute approximate surface area is 80.9 Å². The number of para-hydroxylation sites is 1. The maximum absolute atomic E-state index is 11.4. The van der Waals surface area contributed by atoms with Gasteiger partial charge in [0.15, 0.2) is 5.58 Å². The molecular formula is C10H12N2O2. The molecule has 4 nitrogen and oxygen atoms in total. The van der Waals surface area contributed by atoms with Gasteiger partial charge in [0, 0.05) is 6.54 Å². The van der Waals surface area contributed by atoms with E-state index in [0.717, 1.165) is 11.9 Å². The normalized spacial score (nSPS) is 10.9. The summed E-state index contributed by atoms with van der Waals surface area (Å²) in [6.45, 7) is 2.67. The van der Waals surface area contributed by atoms with Crippen LogP contribution in [0.5, 0.6) is 0 Å². The molecule has 0 radical (unpaired) electrons. The molecule has 0 aliphatic carbocycles. The molecule has 74 valence electrons. The molecule has 0 atom stereocenters. The highest BCUT2D eigenvalue weighted by Gasteiger charge is 2.09. The third-order valence-electron chi connectivity index (χ3n) is 2.17. The van der Waals surface area contributed by atoms with Gasteiger partial charge in [-0.15, -0.1) is 0 Å². The molecule has 0 amide bonds. The third kappa shape index (κ3) is 1.19. The van der Waals surface area contributed by atoms with Gasteiger partial charge in [-0.05, 0) is 18.6 Å². The summed E-state index contributed by atoms with van der Waals surface area (Å²) in [6, 6.07) is 5.38. The van der Waals surface area contributed by atoms with Crippen LogP contribution in [0.2, 0.25) is 0 Å². The number of aryl methyl sites for hydroxylation is 1. The minimum Gasteiger partial charge on any atom is -0.405 e. The molecule has 0 saturated carbocycles. The van der Waals surface area contributed by atoms with Gasteiger partial charge in [0.2, 0.25) is 0 Å². The number of nitrogen functional groups attached to an aromatic ring is 1. The van der Waals surface area contributed by atoms with Crippen molar-refractivity contribution in [2.45, 2.75) is 19.9 Å². The Morgan fingerprint density at radius 3 is 3.00 bits per heavy atom. The van der Waals surface area contributed by atoms with Crippen molar-refractivity contribution < 1.29 is 4.42 Å². The Bertz CT molecular complexity index is 510. The van der Waals surface area contributed by atoms with Crippen molar-refractivity contribution in [2.75, 3.05) is 5.73 Å². The summed E-state index contributed by atoms with van der Waals surface area (Å²) in [5, 5.41) is 0. The van der Waals surface area contributed by atoms with Crippen LogP contribution in [0.15, 0.2) is 27.4 Å². The van der Waals surface area contributed by atoms with Gasteiger partial charge in [-0.2, -0.15) is 0 Å². The van der Waals surface area contributed by atoms with Crippen molar-refractivity contribution in [1.82, 2.24) is 4.57 Å². The molecule has 4 heteroatoms. The van der Waals surface area contributed by atoms with Gasteiger partial charge in [0.25, 0.3) is 0 Å². The van der Waals surface area contributed by atoms with Crippen LogP contribution in [0.3, 0.4) is 0 Å². The molecule has 14 heavy (non-hydrogen) atoms. The smallest absolute Gasteiger partial charge is 0.405 e. The van der Waals surface area contributed by atoms with Crippen LogP contribution in [-0.2, 0) is 6.54 Å². The SMILES string of the molecule is CCCn1c(=O)oc2c(N)cccc21. The topological polar surface area (TPSA) is 61.2 Å². The molecule has 1 aromatic carbocycles. The van der Waals surface area contributed by atoms with Crippen molar-refractivity contribution in [2.24, 2.45) is 0 Å². The second-order valence-corrected chi connectivity index (χ2v) is 3.22. The minimum atomic E-state index is -0.334. The molecule has 0 spiro atoms. The standard InChI is InChI=1S/C10H12N2O2/c1-2-6-12-8-5-3-4-7(11)9(8)14-10(12)13/h3-5H,2,6,11H2,1H3. The first-order valence-corrected chi connectivity index (χ1v) is 4.62. The van der Waals surface area contributed by atoms with Crippen LogP contribution in [-0.4, -0.2) is 4.57 Å². The second-order valence-electron chi connectivity index (χ2n) is 3.22. The lowest BCUT2D eigenvalue weighted by atomic mass is 10.3. The summed E-state index contributed by atoms with van der Waals surface area (Å²) in [4.78, 5) is 11.4. The van der Waals surface area contributed by atoms with Crippen LogP contribution in [0, 0.1) is 0 Å². The molecule has 2 rings (SSSR count). The van der Waals surface area contributed by atoms with E-state index in [1.54, 1.807) is 10.6 Å². The Hall–Kier alpha value is -1.71. The first kappa shape index (κ1) is 8.87. The number of benzene rings is 1. The number of rotatable bonds is 2. The molecule has 0 saturated heterocycles. The Kier molecular flexibility index (Phi) is 2.04. The lowest BCUT2D eigenvalue weighted by Gasteiger charge is -1.98. The first-order chi connectivity index (χ1) is 6.74. The maximum atomic E-state index is 11.4. The van der Waals surface area contributed by atoms with E-state index in [-0.39, 0.29) is 5.76 Å². The summed E-state index contributed by atoms with van der Waals surface area (Å²) in [7, 11) is 0. The first-order valence-electron chi connectivity index (χ1n) is 4.62. The number of nitrogens with zero attached hydrogens (tertiary/aromatic N) is 1. The van der Waals surface area contributed by atoms with Crippen LogP contribution < -0.4 is 11.5 Å². The number of oxazole rings is 1. The van der Waals surface area contributed by atoms with Gasteiger partial charge in [0.1, 0.15) is 0 Å². The molecule has 1 heterocycles. The highest BCUT2D eigenvalue weighted by atomic mass is 16.4. The van der Waals surface area contributed by atoms with Crippen LogP contribution in [0.1, 0.15) is 13.3 Å². The zero-order valence-electron chi connectivity index (χ0n) is 7.99. The van der Waals surface area contributed by atoms with Gasteiger partial charge < -0.3 is 10.2 Å². The van der Waals surface area contributed by atoms with E-state index >= 15 is 0 Å². The molecule has 0 aliphatic heterocycles. The van der Waals surface area contributed by atoms with E-state index in [0.29, 0.717) is 17.8 Å². The van der Waals surface area contributed by atoms with Crippen molar-refractivity contribution >= 4 is 16.8 Å². The van der Waals surface area contributed by atoms with Gasteiger partial charge in [0.05, 0.1) is 11.2 Å².